The van der Waals surface area contributed by atoms with Crippen molar-refractivity contribution < 1.29 is 19.2 Å². The average Bonchev–Trinajstić information content (AvgIpc) is 2.52. The molecule has 0 aromatic carbocycles. The van der Waals surface area contributed by atoms with Crippen molar-refractivity contribution in [3.05, 3.63) is 17.0 Å². The summed E-state index contributed by atoms with van der Waals surface area (Å²) in [6.07, 6.45) is 0. The summed E-state index contributed by atoms with van der Waals surface area (Å²) in [5.41, 5.74) is 0.217. The monoisotopic (exact) mass is 254 g/mol. The highest BCUT2D eigenvalue weighted by Crippen LogP contribution is 2.21. The molecule has 0 atom stereocenters. The second kappa shape index (κ2) is 4.80. The van der Waals surface area contributed by atoms with Gasteiger partial charge in [-0.05, 0) is 34.6 Å². The smallest absolute Gasteiger partial charge is 0.323 e. The molecule has 100 valence electrons. The van der Waals surface area contributed by atoms with Gasteiger partial charge in [0.2, 0.25) is 0 Å². The van der Waals surface area contributed by atoms with E-state index in [1.807, 2.05) is 0 Å². The number of aromatic nitrogens is 1. The summed E-state index contributed by atoms with van der Waals surface area (Å²) in [6.45, 7) is 8.29. The number of carbonyl (C=O) groups excluding carboxylic acids is 1. The molecule has 0 aliphatic rings. The van der Waals surface area contributed by atoms with Gasteiger partial charge < -0.3 is 14.5 Å². The molecule has 0 radical (unpaired) electrons. The van der Waals surface area contributed by atoms with Crippen LogP contribution in [0.2, 0.25) is 0 Å². The van der Waals surface area contributed by atoms with Gasteiger partial charge in [-0.1, -0.05) is 5.16 Å². The largest absolute Gasteiger partial charge is 0.480 e. The molecule has 1 amide bonds. The van der Waals surface area contributed by atoms with Crippen LogP contribution in [0.5, 0.6) is 0 Å². The van der Waals surface area contributed by atoms with Gasteiger partial charge in [0.15, 0.2) is 0 Å². The van der Waals surface area contributed by atoms with E-state index in [1.54, 1.807) is 34.6 Å². The molecule has 0 saturated heterocycles. The molecule has 6 heteroatoms. The summed E-state index contributed by atoms with van der Waals surface area (Å²) in [4.78, 5) is 24.6. The molecular formula is C12H18N2O4. The Hall–Kier alpha value is -1.85. The van der Waals surface area contributed by atoms with E-state index < -0.39 is 11.5 Å². The highest BCUT2D eigenvalue weighted by molar-refractivity contribution is 5.98. The van der Waals surface area contributed by atoms with E-state index in [4.69, 9.17) is 9.63 Å². The first-order chi connectivity index (χ1) is 8.14. The number of hydrogen-bond acceptors (Lipinski definition) is 4. The van der Waals surface area contributed by atoms with Crippen LogP contribution in [-0.4, -0.2) is 39.1 Å². The Morgan fingerprint density at radius 2 is 1.89 bits per heavy atom. The topological polar surface area (TPSA) is 83.6 Å². The molecule has 6 nitrogen and oxygen atoms in total. The summed E-state index contributed by atoms with van der Waals surface area (Å²) < 4.78 is 4.94. The van der Waals surface area contributed by atoms with Crippen molar-refractivity contribution in [2.75, 3.05) is 6.54 Å². The van der Waals surface area contributed by atoms with Crippen molar-refractivity contribution in [3.8, 4) is 0 Å². The van der Waals surface area contributed by atoms with Crippen molar-refractivity contribution >= 4 is 11.9 Å². The van der Waals surface area contributed by atoms with Crippen LogP contribution in [0.25, 0.3) is 0 Å². The van der Waals surface area contributed by atoms with Crippen LogP contribution in [0.3, 0.4) is 0 Å². The molecule has 1 heterocycles. The van der Waals surface area contributed by atoms with Crippen molar-refractivity contribution in [2.24, 2.45) is 0 Å². The van der Waals surface area contributed by atoms with E-state index in [1.165, 1.54) is 4.90 Å². The Morgan fingerprint density at radius 3 is 2.22 bits per heavy atom. The van der Waals surface area contributed by atoms with Gasteiger partial charge in [-0.2, -0.15) is 0 Å². The molecule has 0 spiro atoms. The lowest BCUT2D eigenvalue weighted by molar-refractivity contribution is -0.138. The molecule has 0 saturated carbocycles. The second-order valence-corrected chi connectivity index (χ2v) is 5.16. The van der Waals surface area contributed by atoms with E-state index in [9.17, 15) is 9.59 Å². The van der Waals surface area contributed by atoms with Gasteiger partial charge in [0.05, 0.1) is 5.69 Å². The molecule has 1 aromatic rings. The average molecular weight is 254 g/mol. The van der Waals surface area contributed by atoms with E-state index in [-0.39, 0.29) is 12.5 Å². The van der Waals surface area contributed by atoms with Gasteiger partial charge >= 0.3 is 5.97 Å². The minimum Gasteiger partial charge on any atom is -0.480 e. The third-order valence-electron chi connectivity index (χ3n) is 2.60. The zero-order valence-corrected chi connectivity index (χ0v) is 11.3. The molecule has 1 rings (SSSR count). The van der Waals surface area contributed by atoms with Crippen molar-refractivity contribution in [3.63, 3.8) is 0 Å². The summed E-state index contributed by atoms with van der Waals surface area (Å²) in [7, 11) is 0. The third-order valence-corrected chi connectivity index (χ3v) is 2.60. The fourth-order valence-electron chi connectivity index (χ4n) is 1.67. The number of hydrogen-bond donors (Lipinski definition) is 1. The van der Waals surface area contributed by atoms with Gasteiger partial charge in [-0.25, -0.2) is 0 Å². The SMILES string of the molecule is Cc1noc(C)c1C(=O)N(CC(=O)O)C(C)(C)C. The van der Waals surface area contributed by atoms with Gasteiger partial charge in [0, 0.05) is 5.54 Å². The highest BCUT2D eigenvalue weighted by atomic mass is 16.5. The number of amides is 1. The number of nitrogens with zero attached hydrogens (tertiary/aromatic N) is 2. The number of aliphatic carboxylic acids is 1. The second-order valence-electron chi connectivity index (χ2n) is 5.16. The lowest BCUT2D eigenvalue weighted by atomic mass is 10.0. The van der Waals surface area contributed by atoms with Crippen LogP contribution in [-0.2, 0) is 4.79 Å². The molecule has 0 bridgehead atoms. The van der Waals surface area contributed by atoms with E-state index in [0.717, 1.165) is 0 Å². The Labute approximate surface area is 106 Å². The summed E-state index contributed by atoms with van der Waals surface area (Å²) >= 11 is 0. The lowest BCUT2D eigenvalue weighted by Gasteiger charge is -2.34. The molecule has 18 heavy (non-hydrogen) atoms. The van der Waals surface area contributed by atoms with Crippen molar-refractivity contribution in [1.29, 1.82) is 0 Å². The highest BCUT2D eigenvalue weighted by Gasteiger charge is 2.32. The first-order valence-electron chi connectivity index (χ1n) is 5.61. The van der Waals surface area contributed by atoms with E-state index >= 15 is 0 Å². The molecule has 1 aromatic heterocycles. The fraction of sp³-hybridized carbons (Fsp3) is 0.583. The van der Waals surface area contributed by atoms with Crippen molar-refractivity contribution in [2.45, 2.75) is 40.2 Å². The summed E-state index contributed by atoms with van der Waals surface area (Å²) in [5, 5.41) is 12.6. The maximum absolute atomic E-state index is 12.4. The van der Waals surface area contributed by atoms with E-state index in [2.05, 4.69) is 5.16 Å². The minimum atomic E-state index is -1.05. The summed E-state index contributed by atoms with van der Waals surface area (Å²) in [6, 6.07) is 0. The maximum Gasteiger partial charge on any atom is 0.323 e. The van der Waals surface area contributed by atoms with Crippen LogP contribution >= 0.6 is 0 Å². The Morgan fingerprint density at radius 1 is 1.33 bits per heavy atom. The summed E-state index contributed by atoms with van der Waals surface area (Å²) in [5.74, 6) is -1.02. The van der Waals surface area contributed by atoms with Crippen LogP contribution in [0.15, 0.2) is 4.52 Å². The number of aryl methyl sites for hydroxylation is 2. The minimum absolute atomic E-state index is 0.339. The molecule has 1 N–H and O–H groups in total. The lowest BCUT2D eigenvalue weighted by Crippen LogP contribution is -2.48. The molecule has 0 aliphatic carbocycles. The quantitative estimate of drug-likeness (QED) is 0.886. The van der Waals surface area contributed by atoms with Gasteiger partial charge in [0.25, 0.3) is 5.91 Å². The predicted molar refractivity (Wildman–Crippen MR) is 64.4 cm³/mol. The number of carboxylic acid groups (broad SMARTS) is 1. The van der Waals surface area contributed by atoms with Gasteiger partial charge in [-0.3, -0.25) is 9.59 Å². The van der Waals surface area contributed by atoms with Crippen molar-refractivity contribution in [1.82, 2.24) is 10.1 Å². The molecule has 0 aliphatic heterocycles. The van der Waals surface area contributed by atoms with E-state index in [0.29, 0.717) is 17.0 Å². The maximum atomic E-state index is 12.4. The van der Waals surface area contributed by atoms with Crippen LogP contribution in [0, 0.1) is 13.8 Å². The van der Waals surface area contributed by atoms with Crippen LogP contribution < -0.4 is 0 Å². The zero-order valence-electron chi connectivity index (χ0n) is 11.3. The van der Waals surface area contributed by atoms with Crippen LogP contribution in [0.4, 0.5) is 0 Å². The Kier molecular flexibility index (Phi) is 3.79. The molecule has 0 fully saturated rings. The fourth-order valence-corrected chi connectivity index (χ4v) is 1.67. The number of carboxylic acids is 1. The Bertz CT molecular complexity index is 451. The number of carbonyl (C=O) groups is 2. The van der Waals surface area contributed by atoms with Gasteiger partial charge in [-0.15, -0.1) is 0 Å². The van der Waals surface area contributed by atoms with Crippen LogP contribution in [0.1, 0.15) is 42.6 Å². The number of rotatable bonds is 3. The standard InChI is InChI=1S/C12H18N2O4/c1-7-10(8(2)18-13-7)11(17)14(6-9(15)16)12(3,4)5/h6H2,1-5H3,(H,15,16). The first kappa shape index (κ1) is 14.2. The first-order valence-corrected chi connectivity index (χ1v) is 5.61. The third kappa shape index (κ3) is 2.88. The zero-order chi connectivity index (χ0) is 14.1. The normalized spacial score (nSPS) is 11.4. The Balaban J connectivity index is 3.15. The van der Waals surface area contributed by atoms with Gasteiger partial charge in [0.1, 0.15) is 17.9 Å². The molecule has 0 unspecified atom stereocenters. The molecular weight excluding hydrogens is 236 g/mol. The predicted octanol–water partition coefficient (Wildman–Crippen LogP) is 1.62.